The van der Waals surface area contributed by atoms with E-state index in [1.807, 2.05) is 0 Å². The average Bonchev–Trinajstić information content (AvgIpc) is 3.15. The van der Waals surface area contributed by atoms with E-state index in [0.717, 1.165) is 103 Å². The normalized spacial score (nSPS) is 13.1. The van der Waals surface area contributed by atoms with Gasteiger partial charge in [-0.1, -0.05) is 182 Å². The molecule has 0 spiro atoms. The largest absolute Gasteiger partial charge is 0.462 e. The molecule has 0 aromatic rings. The van der Waals surface area contributed by atoms with Crippen LogP contribution in [0.3, 0.4) is 0 Å². The lowest BCUT2D eigenvalue weighted by atomic mass is 10.1. The molecule has 0 amide bonds. The number of allylic oxidation sites excluding steroid dienone is 14. The van der Waals surface area contributed by atoms with Crippen LogP contribution in [0.2, 0.25) is 0 Å². The SMILES string of the molecule is CC/C=C\C/C=C\C/C=C\C/C=C\C/C=C\C/C=C\C/C=C\CCCCCCCC(=O)OC(CO)COC(=O)CCCCCCCCCCCCC. The van der Waals surface area contributed by atoms with Crippen LogP contribution in [0.1, 0.15) is 181 Å². The van der Waals surface area contributed by atoms with Gasteiger partial charge in [0.15, 0.2) is 6.10 Å². The number of aliphatic hydroxyl groups excluding tert-OH is 1. The van der Waals surface area contributed by atoms with Gasteiger partial charge in [0, 0.05) is 12.8 Å². The molecule has 0 bridgehead atoms. The summed E-state index contributed by atoms with van der Waals surface area (Å²) in [6.45, 7) is 3.99. The number of hydrogen-bond donors (Lipinski definition) is 1. The maximum Gasteiger partial charge on any atom is 0.306 e. The fourth-order valence-corrected chi connectivity index (χ4v) is 5.53. The Morgan fingerprint density at radius 2 is 0.827 bits per heavy atom. The van der Waals surface area contributed by atoms with Gasteiger partial charge >= 0.3 is 11.9 Å². The second kappa shape index (κ2) is 42.5. The van der Waals surface area contributed by atoms with E-state index in [2.05, 4.69) is 98.9 Å². The summed E-state index contributed by atoms with van der Waals surface area (Å²) in [4.78, 5) is 24.2. The van der Waals surface area contributed by atoms with Gasteiger partial charge in [0.2, 0.25) is 0 Å². The maximum absolute atomic E-state index is 12.2. The van der Waals surface area contributed by atoms with Gasteiger partial charge < -0.3 is 14.6 Å². The summed E-state index contributed by atoms with van der Waals surface area (Å²) in [5.74, 6) is -0.619. The van der Waals surface area contributed by atoms with Crippen molar-refractivity contribution >= 4 is 11.9 Å². The minimum Gasteiger partial charge on any atom is -0.462 e. The minimum atomic E-state index is -0.784. The fourth-order valence-electron chi connectivity index (χ4n) is 5.53. The second-order valence-corrected chi connectivity index (χ2v) is 13.7. The molecule has 0 radical (unpaired) electrons. The fraction of sp³-hybridized carbons (Fsp3) is 0.660. The third-order valence-corrected chi connectivity index (χ3v) is 8.70. The molecule has 0 aromatic carbocycles. The van der Waals surface area contributed by atoms with Crippen molar-refractivity contribution < 1.29 is 24.2 Å². The molecule has 0 fully saturated rings. The molecule has 0 aliphatic rings. The molecule has 0 saturated carbocycles. The first-order valence-electron chi connectivity index (χ1n) is 21.1. The van der Waals surface area contributed by atoms with Crippen molar-refractivity contribution in [3.63, 3.8) is 0 Å². The highest BCUT2D eigenvalue weighted by Gasteiger charge is 2.16. The lowest BCUT2D eigenvalue weighted by molar-refractivity contribution is -0.161. The van der Waals surface area contributed by atoms with Crippen LogP contribution < -0.4 is 0 Å². The van der Waals surface area contributed by atoms with Gasteiger partial charge in [-0.3, -0.25) is 9.59 Å². The zero-order chi connectivity index (χ0) is 37.8. The summed E-state index contributed by atoms with van der Waals surface area (Å²) < 4.78 is 10.6. The number of unbranched alkanes of at least 4 members (excludes halogenated alkanes) is 15. The Hall–Kier alpha value is -2.92. The highest BCUT2D eigenvalue weighted by molar-refractivity contribution is 5.70. The van der Waals surface area contributed by atoms with E-state index in [9.17, 15) is 14.7 Å². The highest BCUT2D eigenvalue weighted by atomic mass is 16.6. The smallest absolute Gasteiger partial charge is 0.306 e. The van der Waals surface area contributed by atoms with E-state index in [0.29, 0.717) is 12.8 Å². The molecule has 5 nitrogen and oxygen atoms in total. The second-order valence-electron chi connectivity index (χ2n) is 13.7. The van der Waals surface area contributed by atoms with Crippen molar-refractivity contribution in [3.05, 3.63) is 85.1 Å². The molecule has 0 rings (SSSR count). The Kier molecular flexibility index (Phi) is 40.1. The van der Waals surface area contributed by atoms with E-state index < -0.39 is 6.10 Å². The molecule has 0 aromatic heterocycles. The monoisotopic (exact) mass is 723 g/mol. The molecule has 0 aliphatic carbocycles. The average molecular weight is 723 g/mol. The van der Waals surface area contributed by atoms with E-state index in [-0.39, 0.29) is 25.2 Å². The van der Waals surface area contributed by atoms with Gasteiger partial charge in [0.25, 0.3) is 0 Å². The Labute approximate surface area is 320 Å². The zero-order valence-corrected chi connectivity index (χ0v) is 33.5. The van der Waals surface area contributed by atoms with Gasteiger partial charge in [0.1, 0.15) is 6.61 Å². The highest BCUT2D eigenvalue weighted by Crippen LogP contribution is 2.13. The van der Waals surface area contributed by atoms with E-state index in [1.165, 1.54) is 51.4 Å². The van der Waals surface area contributed by atoms with Crippen LogP contribution in [-0.4, -0.2) is 36.4 Å². The number of carbonyl (C=O) groups is 2. The molecule has 52 heavy (non-hydrogen) atoms. The van der Waals surface area contributed by atoms with Gasteiger partial charge in [-0.2, -0.15) is 0 Å². The lowest BCUT2D eigenvalue weighted by Gasteiger charge is -2.15. The summed E-state index contributed by atoms with van der Waals surface area (Å²) in [5.41, 5.74) is 0. The van der Waals surface area contributed by atoms with Crippen LogP contribution in [-0.2, 0) is 19.1 Å². The molecule has 0 aliphatic heterocycles. The van der Waals surface area contributed by atoms with Crippen LogP contribution in [0.4, 0.5) is 0 Å². The Bertz CT molecular complexity index is 999. The number of ether oxygens (including phenoxy) is 2. The van der Waals surface area contributed by atoms with Crippen LogP contribution in [0, 0.1) is 0 Å². The molecule has 0 saturated heterocycles. The number of esters is 2. The van der Waals surface area contributed by atoms with E-state index in [1.54, 1.807) is 0 Å². The minimum absolute atomic E-state index is 0.0767. The number of rotatable bonds is 37. The molecule has 296 valence electrons. The third-order valence-electron chi connectivity index (χ3n) is 8.70. The van der Waals surface area contributed by atoms with Crippen molar-refractivity contribution in [1.29, 1.82) is 0 Å². The molecule has 1 atom stereocenters. The summed E-state index contributed by atoms with van der Waals surface area (Å²) in [7, 11) is 0. The van der Waals surface area contributed by atoms with Crippen LogP contribution in [0.15, 0.2) is 85.1 Å². The standard InChI is InChI=1S/C47H78O5/c1-3-5-7-9-11-13-15-16-17-18-19-20-21-22-23-24-25-26-27-28-29-30-32-34-36-38-40-42-47(50)52-45(43-48)44-51-46(49)41-39-37-35-33-31-14-12-10-8-6-4-2/h5,7,11,13,16-17,19-20,22-23,25-26,28-29,45,48H,3-4,6,8-10,12,14-15,18,21,24,27,30-44H2,1-2H3/b7-5-,13-11-,17-16-,20-19-,23-22-,26-25-,29-28-. The van der Waals surface area contributed by atoms with Crippen molar-refractivity contribution in [2.75, 3.05) is 13.2 Å². The first-order chi connectivity index (χ1) is 25.6. The molecular formula is C47H78O5. The Morgan fingerprint density at radius 1 is 0.462 bits per heavy atom. The van der Waals surface area contributed by atoms with Crippen LogP contribution >= 0.6 is 0 Å². The van der Waals surface area contributed by atoms with Gasteiger partial charge in [-0.05, 0) is 70.6 Å². The first-order valence-corrected chi connectivity index (χ1v) is 21.1. The maximum atomic E-state index is 12.2. The molecule has 0 heterocycles. The van der Waals surface area contributed by atoms with Crippen LogP contribution in [0.5, 0.6) is 0 Å². The summed E-state index contributed by atoms with van der Waals surface area (Å²) in [6.07, 6.45) is 57.9. The molecule has 1 unspecified atom stereocenters. The van der Waals surface area contributed by atoms with Gasteiger partial charge in [-0.25, -0.2) is 0 Å². The van der Waals surface area contributed by atoms with E-state index >= 15 is 0 Å². The lowest BCUT2D eigenvalue weighted by Crippen LogP contribution is -2.28. The molecule has 5 heteroatoms. The Balaban J connectivity index is 3.64. The number of aliphatic hydroxyl groups is 1. The summed E-state index contributed by atoms with van der Waals surface area (Å²) in [5, 5.41) is 9.55. The summed E-state index contributed by atoms with van der Waals surface area (Å²) in [6, 6.07) is 0. The van der Waals surface area contributed by atoms with Crippen molar-refractivity contribution in [2.45, 2.75) is 187 Å². The molecule has 1 N–H and O–H groups in total. The quantitative estimate of drug-likeness (QED) is 0.0393. The van der Waals surface area contributed by atoms with Crippen LogP contribution in [0.25, 0.3) is 0 Å². The summed E-state index contributed by atoms with van der Waals surface area (Å²) >= 11 is 0. The predicted octanol–water partition coefficient (Wildman–Crippen LogP) is 13.5. The topological polar surface area (TPSA) is 72.8 Å². The molecular weight excluding hydrogens is 645 g/mol. The van der Waals surface area contributed by atoms with Gasteiger partial charge in [0.05, 0.1) is 6.61 Å². The van der Waals surface area contributed by atoms with Crippen molar-refractivity contribution in [3.8, 4) is 0 Å². The Morgan fingerprint density at radius 3 is 1.25 bits per heavy atom. The predicted molar refractivity (Wildman–Crippen MR) is 223 cm³/mol. The zero-order valence-electron chi connectivity index (χ0n) is 33.5. The van der Waals surface area contributed by atoms with Crippen molar-refractivity contribution in [2.24, 2.45) is 0 Å². The van der Waals surface area contributed by atoms with Crippen molar-refractivity contribution in [1.82, 2.24) is 0 Å². The van der Waals surface area contributed by atoms with E-state index in [4.69, 9.17) is 9.47 Å². The number of hydrogen-bond acceptors (Lipinski definition) is 5. The first kappa shape index (κ1) is 49.1. The third kappa shape index (κ3) is 39.9. The number of carbonyl (C=O) groups excluding carboxylic acids is 2. The van der Waals surface area contributed by atoms with Gasteiger partial charge in [-0.15, -0.1) is 0 Å².